The predicted molar refractivity (Wildman–Crippen MR) is 49.9 cm³/mol. The van der Waals surface area contributed by atoms with Crippen molar-refractivity contribution in [3.63, 3.8) is 0 Å². The van der Waals surface area contributed by atoms with E-state index in [1.165, 1.54) is 0 Å². The summed E-state index contributed by atoms with van der Waals surface area (Å²) in [7, 11) is 3.79. The van der Waals surface area contributed by atoms with Crippen LogP contribution < -0.4 is 10.6 Å². The molecule has 1 aromatic carbocycles. The van der Waals surface area contributed by atoms with E-state index < -0.39 is 0 Å². The second kappa shape index (κ2) is 3.14. The van der Waals surface area contributed by atoms with E-state index >= 15 is 0 Å². The normalized spacial score (nSPS) is 9.08. The molecule has 0 amide bonds. The summed E-state index contributed by atoms with van der Waals surface area (Å²) in [5, 5.41) is 8.76. The molecule has 0 unspecified atom stereocenters. The highest BCUT2D eigenvalue weighted by atomic mass is 15.1. The molecule has 0 spiro atoms. The van der Waals surface area contributed by atoms with Crippen LogP contribution in [0.4, 0.5) is 11.4 Å². The molecule has 2 N–H and O–H groups in total. The molecule has 0 radical (unpaired) electrons. The molecule has 3 nitrogen and oxygen atoms in total. The molecular formula is C9H11N3. The van der Waals surface area contributed by atoms with Crippen molar-refractivity contribution in [1.29, 1.82) is 5.26 Å². The van der Waals surface area contributed by atoms with Gasteiger partial charge in [0.05, 0.1) is 11.3 Å². The molecule has 0 saturated carbocycles. The largest absolute Gasteiger partial charge is 0.399 e. The summed E-state index contributed by atoms with van der Waals surface area (Å²) in [6.07, 6.45) is 0. The Bertz CT molecular complexity index is 323. The van der Waals surface area contributed by atoms with Gasteiger partial charge in [-0.3, -0.25) is 0 Å². The quantitative estimate of drug-likeness (QED) is 0.630. The standard InChI is InChI=1S/C9H11N3/c1-12(2)9-4-3-8(11)5-7(9)6-10/h3-5H,11H2,1-2H3. The summed E-state index contributed by atoms with van der Waals surface area (Å²) < 4.78 is 0. The zero-order valence-electron chi connectivity index (χ0n) is 7.20. The van der Waals surface area contributed by atoms with E-state index in [0.717, 1.165) is 5.69 Å². The van der Waals surface area contributed by atoms with Gasteiger partial charge < -0.3 is 10.6 Å². The molecule has 0 bridgehead atoms. The fourth-order valence-corrected chi connectivity index (χ4v) is 1.03. The highest BCUT2D eigenvalue weighted by Gasteiger charge is 2.02. The molecule has 1 aromatic rings. The minimum atomic E-state index is 0.611. The Kier molecular flexibility index (Phi) is 2.20. The van der Waals surface area contributed by atoms with Crippen LogP contribution in [0.15, 0.2) is 18.2 Å². The van der Waals surface area contributed by atoms with Crippen molar-refractivity contribution in [2.75, 3.05) is 24.7 Å². The molecule has 0 aliphatic carbocycles. The predicted octanol–water partition coefficient (Wildman–Crippen LogP) is 1.21. The van der Waals surface area contributed by atoms with Crippen molar-refractivity contribution >= 4 is 11.4 Å². The van der Waals surface area contributed by atoms with Crippen LogP contribution in [0.25, 0.3) is 0 Å². The highest BCUT2D eigenvalue weighted by Crippen LogP contribution is 2.19. The molecule has 0 aliphatic heterocycles. The first kappa shape index (κ1) is 8.41. The Hall–Kier alpha value is -1.69. The number of nitrogen functional groups attached to an aromatic ring is 1. The van der Waals surface area contributed by atoms with Crippen LogP contribution in [-0.4, -0.2) is 14.1 Å². The lowest BCUT2D eigenvalue weighted by atomic mass is 10.1. The first-order valence-electron chi connectivity index (χ1n) is 3.62. The first-order chi connectivity index (χ1) is 5.65. The summed E-state index contributed by atoms with van der Waals surface area (Å²) in [4.78, 5) is 1.89. The molecule has 0 aromatic heterocycles. The van der Waals surface area contributed by atoms with E-state index in [1.54, 1.807) is 12.1 Å². The van der Waals surface area contributed by atoms with E-state index in [0.29, 0.717) is 11.3 Å². The van der Waals surface area contributed by atoms with Crippen molar-refractivity contribution in [1.82, 2.24) is 0 Å². The summed E-state index contributed by atoms with van der Waals surface area (Å²) in [5.41, 5.74) is 7.66. The van der Waals surface area contributed by atoms with Crippen molar-refractivity contribution in [3.05, 3.63) is 23.8 Å². The monoisotopic (exact) mass is 161 g/mol. The van der Waals surface area contributed by atoms with Gasteiger partial charge in [-0.1, -0.05) is 0 Å². The van der Waals surface area contributed by atoms with Gasteiger partial charge in [0, 0.05) is 19.8 Å². The number of hydrogen-bond donors (Lipinski definition) is 1. The zero-order chi connectivity index (χ0) is 9.14. The number of nitrogens with two attached hydrogens (primary N) is 1. The molecule has 62 valence electrons. The van der Waals surface area contributed by atoms with Crippen LogP contribution in [-0.2, 0) is 0 Å². The first-order valence-corrected chi connectivity index (χ1v) is 3.62. The average Bonchev–Trinajstić information content (AvgIpc) is 2.03. The molecule has 0 atom stereocenters. The molecule has 3 heteroatoms. The van der Waals surface area contributed by atoms with E-state index in [-0.39, 0.29) is 0 Å². The van der Waals surface area contributed by atoms with Gasteiger partial charge in [0.1, 0.15) is 6.07 Å². The minimum absolute atomic E-state index is 0.611. The Balaban J connectivity index is 3.23. The summed E-state index contributed by atoms with van der Waals surface area (Å²) >= 11 is 0. The Morgan fingerprint density at radius 1 is 1.42 bits per heavy atom. The molecule has 0 fully saturated rings. The Labute approximate surface area is 72.0 Å². The number of anilines is 2. The Morgan fingerprint density at radius 2 is 2.08 bits per heavy atom. The van der Waals surface area contributed by atoms with Crippen molar-refractivity contribution < 1.29 is 0 Å². The third-order valence-electron chi connectivity index (χ3n) is 1.62. The summed E-state index contributed by atoms with van der Waals surface area (Å²) in [6, 6.07) is 7.40. The number of rotatable bonds is 1. The van der Waals surface area contributed by atoms with E-state index in [1.807, 2.05) is 25.1 Å². The fourth-order valence-electron chi connectivity index (χ4n) is 1.03. The minimum Gasteiger partial charge on any atom is -0.399 e. The maximum Gasteiger partial charge on any atom is 0.101 e. The second-order valence-electron chi connectivity index (χ2n) is 2.78. The highest BCUT2D eigenvalue weighted by molar-refractivity contribution is 5.63. The maximum atomic E-state index is 8.76. The van der Waals surface area contributed by atoms with Crippen molar-refractivity contribution in [2.45, 2.75) is 0 Å². The second-order valence-corrected chi connectivity index (χ2v) is 2.78. The third-order valence-corrected chi connectivity index (χ3v) is 1.62. The van der Waals surface area contributed by atoms with Crippen molar-refractivity contribution in [2.24, 2.45) is 0 Å². The van der Waals surface area contributed by atoms with E-state index in [4.69, 9.17) is 11.0 Å². The van der Waals surface area contributed by atoms with Gasteiger partial charge in [-0.05, 0) is 18.2 Å². The number of nitriles is 1. The van der Waals surface area contributed by atoms with Crippen molar-refractivity contribution in [3.8, 4) is 6.07 Å². The van der Waals surface area contributed by atoms with Gasteiger partial charge in [0.25, 0.3) is 0 Å². The van der Waals surface area contributed by atoms with Crippen LogP contribution >= 0.6 is 0 Å². The summed E-state index contributed by atoms with van der Waals surface area (Å²) in [5.74, 6) is 0. The molecule has 12 heavy (non-hydrogen) atoms. The topological polar surface area (TPSA) is 53.0 Å². The van der Waals surface area contributed by atoms with Gasteiger partial charge in [0.15, 0.2) is 0 Å². The average molecular weight is 161 g/mol. The van der Waals surface area contributed by atoms with E-state index in [2.05, 4.69) is 6.07 Å². The lowest BCUT2D eigenvalue weighted by Crippen LogP contribution is -2.10. The molecule has 1 rings (SSSR count). The third kappa shape index (κ3) is 1.48. The van der Waals surface area contributed by atoms with Crippen LogP contribution in [0.5, 0.6) is 0 Å². The number of benzene rings is 1. The van der Waals surface area contributed by atoms with E-state index in [9.17, 15) is 0 Å². The smallest absolute Gasteiger partial charge is 0.101 e. The molecular weight excluding hydrogens is 150 g/mol. The van der Waals surface area contributed by atoms with Gasteiger partial charge in [-0.15, -0.1) is 0 Å². The van der Waals surface area contributed by atoms with Crippen LogP contribution in [0.3, 0.4) is 0 Å². The van der Waals surface area contributed by atoms with Gasteiger partial charge in [-0.2, -0.15) is 5.26 Å². The lowest BCUT2D eigenvalue weighted by molar-refractivity contribution is 1.13. The fraction of sp³-hybridized carbons (Fsp3) is 0.222. The molecule has 0 saturated heterocycles. The SMILES string of the molecule is CN(C)c1ccc(N)cc1C#N. The molecule has 0 heterocycles. The number of hydrogen-bond acceptors (Lipinski definition) is 3. The van der Waals surface area contributed by atoms with Crippen LogP contribution in [0, 0.1) is 11.3 Å². The lowest BCUT2D eigenvalue weighted by Gasteiger charge is -2.13. The maximum absolute atomic E-state index is 8.76. The van der Waals surface area contributed by atoms with Crippen LogP contribution in [0.2, 0.25) is 0 Å². The van der Waals surface area contributed by atoms with Gasteiger partial charge in [0.2, 0.25) is 0 Å². The van der Waals surface area contributed by atoms with Gasteiger partial charge in [-0.25, -0.2) is 0 Å². The zero-order valence-corrected chi connectivity index (χ0v) is 7.20. The molecule has 0 aliphatic rings. The number of nitrogens with zero attached hydrogens (tertiary/aromatic N) is 2. The Morgan fingerprint density at radius 3 is 2.58 bits per heavy atom. The van der Waals surface area contributed by atoms with Crippen LogP contribution in [0.1, 0.15) is 5.56 Å². The van der Waals surface area contributed by atoms with Gasteiger partial charge >= 0.3 is 0 Å². The summed E-state index contributed by atoms with van der Waals surface area (Å²) in [6.45, 7) is 0.